The lowest BCUT2D eigenvalue weighted by Gasteiger charge is -2.23. The predicted molar refractivity (Wildman–Crippen MR) is 75.4 cm³/mol. The first-order valence-corrected chi connectivity index (χ1v) is 7.36. The number of hydrogen-bond donors (Lipinski definition) is 1. The minimum atomic E-state index is 0.126. The SMILES string of the molecule is CC(C)C(=O)N1CCCN(CCCCCN)CC1. The smallest absolute Gasteiger partial charge is 0.225 e. The van der Waals surface area contributed by atoms with Gasteiger partial charge in [0.1, 0.15) is 0 Å². The molecule has 0 bridgehead atoms. The van der Waals surface area contributed by atoms with E-state index in [-0.39, 0.29) is 5.92 Å². The van der Waals surface area contributed by atoms with Crippen LogP contribution in [0.25, 0.3) is 0 Å². The summed E-state index contributed by atoms with van der Waals surface area (Å²) < 4.78 is 0. The van der Waals surface area contributed by atoms with Crippen molar-refractivity contribution >= 4 is 5.91 Å². The highest BCUT2D eigenvalue weighted by Gasteiger charge is 2.20. The minimum Gasteiger partial charge on any atom is -0.341 e. The van der Waals surface area contributed by atoms with Gasteiger partial charge in [-0.15, -0.1) is 0 Å². The summed E-state index contributed by atoms with van der Waals surface area (Å²) in [5.74, 6) is 0.432. The van der Waals surface area contributed by atoms with Crippen molar-refractivity contribution in [2.45, 2.75) is 39.5 Å². The van der Waals surface area contributed by atoms with Crippen molar-refractivity contribution in [1.29, 1.82) is 0 Å². The second-order valence-electron chi connectivity index (χ2n) is 5.52. The van der Waals surface area contributed by atoms with Gasteiger partial charge in [-0.2, -0.15) is 0 Å². The van der Waals surface area contributed by atoms with E-state index in [4.69, 9.17) is 5.73 Å². The van der Waals surface area contributed by atoms with Crippen molar-refractivity contribution < 1.29 is 4.79 Å². The molecule has 106 valence electrons. The molecule has 0 aromatic carbocycles. The molecule has 0 unspecified atom stereocenters. The first-order chi connectivity index (χ1) is 8.65. The van der Waals surface area contributed by atoms with E-state index in [0.29, 0.717) is 5.91 Å². The molecule has 0 spiro atoms. The maximum Gasteiger partial charge on any atom is 0.225 e. The van der Waals surface area contributed by atoms with Crippen LogP contribution in [0, 0.1) is 5.92 Å². The van der Waals surface area contributed by atoms with Crippen LogP contribution in [-0.2, 0) is 4.79 Å². The van der Waals surface area contributed by atoms with Crippen LogP contribution < -0.4 is 5.73 Å². The molecular formula is C14H29N3O. The monoisotopic (exact) mass is 255 g/mol. The molecule has 0 aromatic rings. The molecule has 1 heterocycles. The molecule has 2 N–H and O–H groups in total. The predicted octanol–water partition coefficient (Wildman–Crippen LogP) is 1.31. The highest BCUT2D eigenvalue weighted by Crippen LogP contribution is 2.08. The van der Waals surface area contributed by atoms with Gasteiger partial charge in [0.05, 0.1) is 0 Å². The number of nitrogens with zero attached hydrogens (tertiary/aromatic N) is 2. The number of hydrogen-bond acceptors (Lipinski definition) is 3. The average Bonchev–Trinajstić information content (AvgIpc) is 2.59. The van der Waals surface area contributed by atoms with Crippen LogP contribution >= 0.6 is 0 Å². The quantitative estimate of drug-likeness (QED) is 0.728. The van der Waals surface area contributed by atoms with Crippen molar-refractivity contribution in [1.82, 2.24) is 9.80 Å². The molecule has 0 saturated carbocycles. The molecule has 4 nitrogen and oxygen atoms in total. The fourth-order valence-corrected chi connectivity index (χ4v) is 2.44. The summed E-state index contributed by atoms with van der Waals surface area (Å²) in [7, 11) is 0. The van der Waals surface area contributed by atoms with Gasteiger partial charge in [-0.05, 0) is 38.9 Å². The number of carbonyl (C=O) groups excluding carboxylic acids is 1. The molecule has 1 aliphatic rings. The van der Waals surface area contributed by atoms with Crippen LogP contribution in [0.15, 0.2) is 0 Å². The van der Waals surface area contributed by atoms with Crippen molar-refractivity contribution in [2.75, 3.05) is 39.3 Å². The van der Waals surface area contributed by atoms with Gasteiger partial charge >= 0.3 is 0 Å². The van der Waals surface area contributed by atoms with Gasteiger partial charge < -0.3 is 15.5 Å². The Balaban J connectivity index is 2.26. The second-order valence-corrected chi connectivity index (χ2v) is 5.52. The highest BCUT2D eigenvalue weighted by molar-refractivity contribution is 5.78. The Bertz CT molecular complexity index is 243. The van der Waals surface area contributed by atoms with E-state index in [0.717, 1.165) is 52.1 Å². The Morgan fingerprint density at radius 2 is 1.89 bits per heavy atom. The van der Waals surface area contributed by atoms with Gasteiger partial charge in [0.25, 0.3) is 0 Å². The molecule has 0 aromatic heterocycles. The summed E-state index contributed by atoms with van der Waals surface area (Å²) in [6.07, 6.45) is 4.69. The summed E-state index contributed by atoms with van der Waals surface area (Å²) in [5.41, 5.74) is 5.49. The van der Waals surface area contributed by atoms with E-state index in [1.807, 2.05) is 18.7 Å². The Kier molecular flexibility index (Phi) is 7.28. The fourth-order valence-electron chi connectivity index (χ4n) is 2.44. The average molecular weight is 255 g/mol. The number of rotatable bonds is 6. The Morgan fingerprint density at radius 3 is 2.56 bits per heavy atom. The lowest BCUT2D eigenvalue weighted by atomic mass is 10.2. The molecule has 18 heavy (non-hydrogen) atoms. The van der Waals surface area contributed by atoms with Gasteiger partial charge in [0, 0.05) is 25.6 Å². The Hall–Kier alpha value is -0.610. The first kappa shape index (κ1) is 15.4. The summed E-state index contributed by atoms with van der Waals surface area (Å²) in [5, 5.41) is 0. The normalized spacial score (nSPS) is 18.1. The topological polar surface area (TPSA) is 49.6 Å². The van der Waals surface area contributed by atoms with E-state index < -0.39 is 0 Å². The summed E-state index contributed by atoms with van der Waals surface area (Å²) >= 11 is 0. The molecule has 1 fully saturated rings. The van der Waals surface area contributed by atoms with E-state index in [1.165, 1.54) is 12.8 Å². The maximum atomic E-state index is 12.0. The van der Waals surface area contributed by atoms with Crippen molar-refractivity contribution in [2.24, 2.45) is 11.7 Å². The lowest BCUT2D eigenvalue weighted by Crippen LogP contribution is -2.37. The highest BCUT2D eigenvalue weighted by atomic mass is 16.2. The molecule has 0 radical (unpaired) electrons. The number of carbonyl (C=O) groups is 1. The third kappa shape index (κ3) is 5.36. The molecule has 1 amide bonds. The molecule has 1 rings (SSSR count). The third-order valence-electron chi connectivity index (χ3n) is 3.57. The van der Waals surface area contributed by atoms with Gasteiger partial charge in [-0.1, -0.05) is 20.3 Å². The third-order valence-corrected chi connectivity index (χ3v) is 3.57. The zero-order chi connectivity index (χ0) is 13.4. The zero-order valence-electron chi connectivity index (χ0n) is 12.0. The molecule has 1 saturated heterocycles. The maximum absolute atomic E-state index is 12.0. The van der Waals surface area contributed by atoms with Crippen LogP contribution in [0.4, 0.5) is 0 Å². The molecule has 4 heteroatoms. The lowest BCUT2D eigenvalue weighted by molar-refractivity contribution is -0.134. The number of amides is 1. The van der Waals surface area contributed by atoms with E-state index in [2.05, 4.69) is 4.90 Å². The van der Waals surface area contributed by atoms with Crippen molar-refractivity contribution in [3.8, 4) is 0 Å². The summed E-state index contributed by atoms with van der Waals surface area (Å²) in [6.45, 7) is 9.91. The minimum absolute atomic E-state index is 0.126. The van der Waals surface area contributed by atoms with Crippen LogP contribution in [-0.4, -0.2) is 55.0 Å². The Morgan fingerprint density at radius 1 is 1.11 bits per heavy atom. The van der Waals surface area contributed by atoms with Gasteiger partial charge in [0.2, 0.25) is 5.91 Å². The zero-order valence-corrected chi connectivity index (χ0v) is 12.0. The van der Waals surface area contributed by atoms with Crippen LogP contribution in [0.1, 0.15) is 39.5 Å². The van der Waals surface area contributed by atoms with E-state index in [1.54, 1.807) is 0 Å². The van der Waals surface area contributed by atoms with Gasteiger partial charge in [-0.3, -0.25) is 4.79 Å². The van der Waals surface area contributed by atoms with Crippen molar-refractivity contribution in [3.63, 3.8) is 0 Å². The largest absolute Gasteiger partial charge is 0.341 e. The van der Waals surface area contributed by atoms with Gasteiger partial charge in [0.15, 0.2) is 0 Å². The fraction of sp³-hybridized carbons (Fsp3) is 0.929. The van der Waals surface area contributed by atoms with E-state index >= 15 is 0 Å². The number of unbranched alkanes of at least 4 members (excludes halogenated alkanes) is 2. The molecule has 0 atom stereocenters. The van der Waals surface area contributed by atoms with Crippen molar-refractivity contribution in [3.05, 3.63) is 0 Å². The molecule has 1 aliphatic heterocycles. The van der Waals surface area contributed by atoms with Crippen LogP contribution in [0.5, 0.6) is 0 Å². The van der Waals surface area contributed by atoms with E-state index in [9.17, 15) is 4.79 Å². The standard InChI is InChI=1S/C14H29N3O/c1-13(2)14(18)17-10-6-9-16(11-12-17)8-5-3-4-7-15/h13H,3-12,15H2,1-2H3. The summed E-state index contributed by atoms with van der Waals surface area (Å²) in [6, 6.07) is 0. The first-order valence-electron chi connectivity index (χ1n) is 7.36. The van der Waals surface area contributed by atoms with Gasteiger partial charge in [-0.25, -0.2) is 0 Å². The summed E-state index contributed by atoms with van der Waals surface area (Å²) in [4.78, 5) is 16.5. The van der Waals surface area contributed by atoms with Crippen LogP contribution in [0.3, 0.4) is 0 Å². The number of nitrogens with two attached hydrogens (primary N) is 1. The second kappa shape index (κ2) is 8.48. The molecular weight excluding hydrogens is 226 g/mol. The molecule has 0 aliphatic carbocycles. The van der Waals surface area contributed by atoms with Crippen LogP contribution in [0.2, 0.25) is 0 Å². The Labute approximate surface area is 111 Å².